The number of nitrogens with zero attached hydrogens (tertiary/aromatic N) is 3. The van der Waals surface area contributed by atoms with Crippen LogP contribution in [0.2, 0.25) is 5.02 Å². The number of ether oxygens (including phenoxy) is 2. The fourth-order valence-corrected chi connectivity index (χ4v) is 4.68. The van der Waals surface area contributed by atoms with Gasteiger partial charge >= 0.3 is 5.69 Å². The first-order chi connectivity index (χ1) is 18.0. The lowest BCUT2D eigenvalue weighted by Crippen LogP contribution is -2.36. The van der Waals surface area contributed by atoms with Crippen molar-refractivity contribution >= 4 is 22.6 Å². The Balaban J connectivity index is 1.22. The number of hydrogen-bond donors (Lipinski definition) is 4. The summed E-state index contributed by atoms with van der Waals surface area (Å²) in [6.07, 6.45) is -0.794. The summed E-state index contributed by atoms with van der Waals surface area (Å²) in [6.45, 7) is -0.120. The number of rotatable bonds is 6. The number of aromatic nitrogens is 5. The van der Waals surface area contributed by atoms with Crippen LogP contribution in [0, 0.1) is 0 Å². The Kier molecular flexibility index (Phi) is 6.01. The zero-order valence-corrected chi connectivity index (χ0v) is 20.1. The van der Waals surface area contributed by atoms with Crippen molar-refractivity contribution < 1.29 is 19.7 Å². The minimum absolute atomic E-state index is 0.160. The van der Waals surface area contributed by atoms with Gasteiger partial charge in [0.25, 0.3) is 6.01 Å². The van der Waals surface area contributed by atoms with Crippen LogP contribution in [0.4, 0.5) is 0 Å². The van der Waals surface area contributed by atoms with Crippen LogP contribution in [-0.4, -0.2) is 66.5 Å². The van der Waals surface area contributed by atoms with Gasteiger partial charge in [-0.15, -0.1) is 0 Å². The summed E-state index contributed by atoms with van der Waals surface area (Å²) in [5.74, 6) is 0. The minimum Gasteiger partial charge on any atom is -0.456 e. The molecule has 6 rings (SSSR count). The summed E-state index contributed by atoms with van der Waals surface area (Å²) < 4.78 is 12.7. The largest absolute Gasteiger partial charge is 0.456 e. The number of aliphatic hydroxyl groups is 2. The van der Waals surface area contributed by atoms with Gasteiger partial charge in [0.1, 0.15) is 18.5 Å². The zero-order chi connectivity index (χ0) is 25.5. The molecular weight excluding hydrogens is 498 g/mol. The minimum atomic E-state index is -0.943. The van der Waals surface area contributed by atoms with E-state index >= 15 is 0 Å². The molecule has 1 fully saturated rings. The zero-order valence-electron chi connectivity index (χ0n) is 19.3. The van der Waals surface area contributed by atoms with Crippen LogP contribution in [0.3, 0.4) is 0 Å². The van der Waals surface area contributed by atoms with Gasteiger partial charge in [0.15, 0.2) is 6.10 Å². The molecule has 0 spiro atoms. The Morgan fingerprint density at radius 3 is 2.43 bits per heavy atom. The Bertz CT molecular complexity index is 1610. The van der Waals surface area contributed by atoms with Crippen LogP contribution in [0.15, 0.2) is 71.8 Å². The molecule has 3 heterocycles. The van der Waals surface area contributed by atoms with E-state index in [9.17, 15) is 15.0 Å². The number of aromatic amines is 2. The smallest absolute Gasteiger partial charge is 0.361 e. The lowest BCUT2D eigenvalue weighted by molar-refractivity contribution is -0.00390. The van der Waals surface area contributed by atoms with Gasteiger partial charge in [-0.25, -0.2) is 14.6 Å². The highest BCUT2D eigenvalue weighted by atomic mass is 35.5. The highest BCUT2D eigenvalue weighted by Gasteiger charge is 2.37. The maximum atomic E-state index is 11.3. The van der Waals surface area contributed by atoms with Crippen molar-refractivity contribution in [1.82, 2.24) is 24.7 Å². The first-order valence-electron chi connectivity index (χ1n) is 11.6. The highest BCUT2D eigenvalue weighted by Crippen LogP contribution is 2.34. The van der Waals surface area contributed by atoms with E-state index in [1.807, 2.05) is 54.6 Å². The Labute approximate surface area is 215 Å². The monoisotopic (exact) mass is 519 g/mol. The summed E-state index contributed by atoms with van der Waals surface area (Å²) in [5.41, 5.74) is 5.58. The van der Waals surface area contributed by atoms with E-state index in [0.717, 1.165) is 27.9 Å². The van der Waals surface area contributed by atoms with Gasteiger partial charge in [-0.2, -0.15) is 9.97 Å². The van der Waals surface area contributed by atoms with Gasteiger partial charge in [-0.05, 0) is 41.0 Å². The number of imidazole rings is 1. The maximum Gasteiger partial charge on any atom is 0.361 e. The SMILES string of the molecule is O=c1ncn(-c2ccc(-c3ccc(-c4cc5nc(O[C@@H]6CO[C@H](CO)[C@H]6O)[nH]c5cc4Cl)cc3)cc2)[nH]1. The fraction of sp³-hybridized carbons (Fsp3) is 0.192. The second kappa shape index (κ2) is 9.49. The molecule has 4 N–H and O–H groups in total. The standard InChI is InChI=1S/C26H22ClN5O5/c27-19-10-21-20(29-26(30-21)37-23-12-36-22(11-33)24(23)34)9-18(19)16-3-1-14(2-4-16)15-5-7-17(8-6-15)32-13-28-25(35)31-32/h1-10,13,22-24,33-34H,11-12H2,(H,29,30)(H,31,35)/t22-,23-,24-/m1/s1. The third-order valence-corrected chi connectivity index (χ3v) is 6.72. The van der Waals surface area contributed by atoms with Crippen molar-refractivity contribution in [1.29, 1.82) is 0 Å². The van der Waals surface area contributed by atoms with E-state index in [1.54, 1.807) is 10.7 Å². The van der Waals surface area contributed by atoms with Gasteiger partial charge < -0.3 is 24.7 Å². The van der Waals surface area contributed by atoms with Gasteiger partial charge in [-0.3, -0.25) is 0 Å². The third-order valence-electron chi connectivity index (χ3n) is 6.41. The molecule has 188 valence electrons. The number of benzene rings is 3. The first kappa shape index (κ1) is 23.4. The predicted molar refractivity (Wildman–Crippen MR) is 137 cm³/mol. The van der Waals surface area contributed by atoms with E-state index in [-0.39, 0.29) is 19.2 Å². The molecule has 0 bridgehead atoms. The first-order valence-corrected chi connectivity index (χ1v) is 12.0. The number of halogens is 1. The molecular formula is C26H22ClN5O5. The summed E-state index contributed by atoms with van der Waals surface area (Å²) in [7, 11) is 0. The molecule has 11 heteroatoms. The molecule has 37 heavy (non-hydrogen) atoms. The molecule has 0 unspecified atom stereocenters. The lowest BCUT2D eigenvalue weighted by Gasteiger charge is -2.15. The summed E-state index contributed by atoms with van der Waals surface area (Å²) in [6, 6.07) is 19.7. The van der Waals surface area contributed by atoms with Crippen LogP contribution in [0.5, 0.6) is 6.01 Å². The van der Waals surface area contributed by atoms with Crippen LogP contribution >= 0.6 is 11.6 Å². The molecule has 0 radical (unpaired) electrons. The van der Waals surface area contributed by atoms with E-state index < -0.39 is 24.0 Å². The predicted octanol–water partition coefficient (Wildman–Crippen LogP) is 2.92. The lowest BCUT2D eigenvalue weighted by atomic mass is 10.00. The van der Waals surface area contributed by atoms with E-state index in [0.29, 0.717) is 16.1 Å². The van der Waals surface area contributed by atoms with Crippen LogP contribution in [0.25, 0.3) is 39.0 Å². The van der Waals surface area contributed by atoms with Crippen LogP contribution < -0.4 is 10.4 Å². The van der Waals surface area contributed by atoms with Crippen LogP contribution in [-0.2, 0) is 4.74 Å². The second-order valence-corrected chi connectivity index (χ2v) is 9.16. The van der Waals surface area contributed by atoms with Crippen molar-refractivity contribution in [2.24, 2.45) is 0 Å². The second-order valence-electron chi connectivity index (χ2n) is 8.75. The van der Waals surface area contributed by atoms with Crippen LogP contribution in [0.1, 0.15) is 0 Å². The number of hydrogen-bond acceptors (Lipinski definition) is 7. The van der Waals surface area contributed by atoms with Gasteiger partial charge in [0, 0.05) is 5.56 Å². The molecule has 0 saturated carbocycles. The summed E-state index contributed by atoms with van der Waals surface area (Å²) in [5, 5.41) is 22.6. The van der Waals surface area contributed by atoms with Crippen molar-refractivity contribution in [3.8, 4) is 34.0 Å². The molecule has 2 aromatic heterocycles. The topological polar surface area (TPSA) is 138 Å². The number of nitrogens with one attached hydrogen (secondary N) is 2. The van der Waals surface area contributed by atoms with Crippen molar-refractivity contribution in [2.45, 2.75) is 18.3 Å². The van der Waals surface area contributed by atoms with E-state index in [2.05, 4.69) is 20.1 Å². The summed E-state index contributed by atoms with van der Waals surface area (Å²) >= 11 is 6.60. The maximum absolute atomic E-state index is 11.3. The van der Waals surface area contributed by atoms with Gasteiger partial charge in [0.05, 0.1) is 35.0 Å². The van der Waals surface area contributed by atoms with Crippen molar-refractivity contribution in [3.63, 3.8) is 0 Å². The average molecular weight is 520 g/mol. The summed E-state index contributed by atoms with van der Waals surface area (Å²) in [4.78, 5) is 22.5. The van der Waals surface area contributed by atoms with Gasteiger partial charge in [0.2, 0.25) is 0 Å². The quantitative estimate of drug-likeness (QED) is 0.270. The molecule has 1 aliphatic rings. The number of H-pyrrole nitrogens is 2. The van der Waals surface area contributed by atoms with E-state index in [4.69, 9.17) is 21.1 Å². The number of fused-ring (bicyclic) bond motifs is 1. The average Bonchev–Trinajstić information content (AvgIpc) is 3.62. The molecule has 3 aromatic carbocycles. The normalized spacial score (nSPS) is 19.5. The molecule has 0 aliphatic carbocycles. The molecule has 1 saturated heterocycles. The van der Waals surface area contributed by atoms with E-state index in [1.165, 1.54) is 6.33 Å². The molecule has 3 atom stereocenters. The molecule has 0 amide bonds. The fourth-order valence-electron chi connectivity index (χ4n) is 4.41. The molecule has 1 aliphatic heterocycles. The molecule has 10 nitrogen and oxygen atoms in total. The molecule has 5 aromatic rings. The number of aliphatic hydroxyl groups excluding tert-OH is 2. The van der Waals surface area contributed by atoms with Crippen molar-refractivity contribution in [3.05, 3.63) is 82.5 Å². The Morgan fingerprint density at radius 2 is 1.78 bits per heavy atom. The Morgan fingerprint density at radius 1 is 1.08 bits per heavy atom. The highest BCUT2D eigenvalue weighted by molar-refractivity contribution is 6.34. The third kappa shape index (κ3) is 4.51. The Hall–Kier alpha value is -3.96. The van der Waals surface area contributed by atoms with Crippen molar-refractivity contribution in [2.75, 3.05) is 13.2 Å². The van der Waals surface area contributed by atoms with Gasteiger partial charge in [-0.1, -0.05) is 48.0 Å².